The number of carbonyl (C=O) groups is 1. The third-order valence-corrected chi connectivity index (χ3v) is 4.93. The highest BCUT2D eigenvalue weighted by molar-refractivity contribution is 7.99. The summed E-state index contributed by atoms with van der Waals surface area (Å²) in [6.07, 6.45) is 2.54. The van der Waals surface area contributed by atoms with E-state index in [4.69, 9.17) is 0 Å². The van der Waals surface area contributed by atoms with Gasteiger partial charge in [-0.25, -0.2) is 9.69 Å². The molecule has 1 amide bonds. The van der Waals surface area contributed by atoms with E-state index in [1.165, 1.54) is 0 Å². The Hall–Kier alpha value is -1.34. The van der Waals surface area contributed by atoms with E-state index in [2.05, 4.69) is 17.1 Å². The molecule has 0 bridgehead atoms. The van der Waals surface area contributed by atoms with E-state index in [1.807, 2.05) is 22.2 Å². The quantitative estimate of drug-likeness (QED) is 0.871. The molecule has 0 fully saturated rings. The van der Waals surface area contributed by atoms with Crippen molar-refractivity contribution in [1.82, 2.24) is 14.9 Å². The van der Waals surface area contributed by atoms with Crippen LogP contribution in [0.1, 0.15) is 26.2 Å². The minimum Gasteiger partial charge on any atom is -0.273 e. The Kier molecular flexibility index (Phi) is 4.07. The van der Waals surface area contributed by atoms with E-state index in [0.717, 1.165) is 41.0 Å². The fourth-order valence-electron chi connectivity index (χ4n) is 2.15. The standard InChI is InChI=1S/C13H16N4OS2/c1-2-3-6-11(18)16-7-9-20-13-15-14-12(17(13)16)10-5-4-8-19-10/h4-5,8H,2-3,6-7,9H2,1H3. The molecule has 5 nitrogen and oxygen atoms in total. The van der Waals surface area contributed by atoms with Gasteiger partial charge in [-0.1, -0.05) is 31.2 Å². The molecule has 1 aliphatic rings. The average Bonchev–Trinajstić information content (AvgIpc) is 3.12. The third kappa shape index (κ3) is 2.47. The Balaban J connectivity index is 1.94. The van der Waals surface area contributed by atoms with Crippen LogP contribution in [0.3, 0.4) is 0 Å². The van der Waals surface area contributed by atoms with Crippen LogP contribution in [-0.2, 0) is 4.79 Å². The SMILES string of the molecule is CCCCC(=O)N1CCSc2nnc(-c3cccs3)n21. The number of amides is 1. The van der Waals surface area contributed by atoms with Gasteiger partial charge >= 0.3 is 0 Å². The second kappa shape index (κ2) is 5.97. The molecule has 0 radical (unpaired) electrons. The van der Waals surface area contributed by atoms with Crippen molar-refractivity contribution in [2.24, 2.45) is 0 Å². The van der Waals surface area contributed by atoms with Crippen LogP contribution in [0.15, 0.2) is 22.7 Å². The number of aromatic nitrogens is 3. The Morgan fingerprint density at radius 2 is 2.35 bits per heavy atom. The molecule has 0 aliphatic carbocycles. The summed E-state index contributed by atoms with van der Waals surface area (Å²) in [5, 5.41) is 13.1. The number of nitrogens with zero attached hydrogens (tertiary/aromatic N) is 4. The molecule has 106 valence electrons. The van der Waals surface area contributed by atoms with Crippen LogP contribution in [-0.4, -0.2) is 33.1 Å². The highest BCUT2D eigenvalue weighted by atomic mass is 32.2. The van der Waals surface area contributed by atoms with Crippen molar-refractivity contribution in [1.29, 1.82) is 0 Å². The molecule has 20 heavy (non-hydrogen) atoms. The summed E-state index contributed by atoms with van der Waals surface area (Å²) in [6, 6.07) is 4.00. The molecule has 0 spiro atoms. The zero-order valence-electron chi connectivity index (χ0n) is 11.3. The van der Waals surface area contributed by atoms with E-state index in [0.29, 0.717) is 6.42 Å². The van der Waals surface area contributed by atoms with Crippen LogP contribution >= 0.6 is 23.1 Å². The van der Waals surface area contributed by atoms with Crippen molar-refractivity contribution in [2.45, 2.75) is 31.3 Å². The van der Waals surface area contributed by atoms with Crippen molar-refractivity contribution in [3.63, 3.8) is 0 Å². The number of fused-ring (bicyclic) bond motifs is 1. The maximum Gasteiger partial charge on any atom is 0.241 e. The highest BCUT2D eigenvalue weighted by Gasteiger charge is 2.27. The third-order valence-electron chi connectivity index (χ3n) is 3.16. The van der Waals surface area contributed by atoms with E-state index >= 15 is 0 Å². The van der Waals surface area contributed by atoms with Gasteiger partial charge < -0.3 is 0 Å². The second-order valence-corrected chi connectivity index (χ2v) is 6.57. The summed E-state index contributed by atoms with van der Waals surface area (Å²) in [5.74, 6) is 1.80. The fourth-order valence-corrected chi connectivity index (χ4v) is 3.70. The first-order valence-electron chi connectivity index (χ1n) is 6.74. The molecule has 2 aromatic heterocycles. The molecular formula is C13H16N4OS2. The molecule has 0 unspecified atom stereocenters. The Morgan fingerprint density at radius 1 is 1.45 bits per heavy atom. The van der Waals surface area contributed by atoms with Crippen LogP contribution in [0.25, 0.3) is 10.7 Å². The Morgan fingerprint density at radius 3 is 3.10 bits per heavy atom. The van der Waals surface area contributed by atoms with Gasteiger partial charge in [0.2, 0.25) is 11.1 Å². The van der Waals surface area contributed by atoms with Crippen molar-refractivity contribution in [3.8, 4) is 10.7 Å². The van der Waals surface area contributed by atoms with Gasteiger partial charge in [0.15, 0.2) is 5.82 Å². The molecule has 2 aromatic rings. The van der Waals surface area contributed by atoms with Crippen LogP contribution in [0.4, 0.5) is 0 Å². The summed E-state index contributed by atoms with van der Waals surface area (Å²) < 4.78 is 1.89. The predicted molar refractivity (Wildman–Crippen MR) is 81.7 cm³/mol. The molecule has 0 N–H and O–H groups in total. The number of thiophene rings is 1. The zero-order valence-corrected chi connectivity index (χ0v) is 12.9. The van der Waals surface area contributed by atoms with Gasteiger partial charge in [-0.05, 0) is 17.9 Å². The van der Waals surface area contributed by atoms with Crippen LogP contribution in [0.2, 0.25) is 0 Å². The Bertz CT molecular complexity index is 594. The average molecular weight is 308 g/mol. The van der Waals surface area contributed by atoms with E-state index in [1.54, 1.807) is 28.1 Å². The minimum atomic E-state index is 0.158. The van der Waals surface area contributed by atoms with Gasteiger partial charge in [0.1, 0.15) is 0 Å². The first-order valence-corrected chi connectivity index (χ1v) is 8.60. The van der Waals surface area contributed by atoms with E-state index in [-0.39, 0.29) is 5.91 Å². The molecule has 7 heteroatoms. The summed E-state index contributed by atoms with van der Waals surface area (Å²) in [7, 11) is 0. The van der Waals surface area contributed by atoms with Gasteiger partial charge in [0.05, 0.1) is 11.4 Å². The maximum atomic E-state index is 12.4. The molecule has 1 aliphatic heterocycles. The van der Waals surface area contributed by atoms with E-state index < -0.39 is 0 Å². The largest absolute Gasteiger partial charge is 0.273 e. The van der Waals surface area contributed by atoms with Crippen molar-refractivity contribution in [2.75, 3.05) is 17.3 Å². The van der Waals surface area contributed by atoms with Gasteiger partial charge in [0, 0.05) is 12.2 Å². The molecule has 3 rings (SSSR count). The smallest absolute Gasteiger partial charge is 0.241 e. The molecule has 0 saturated carbocycles. The van der Waals surface area contributed by atoms with Crippen molar-refractivity contribution in [3.05, 3.63) is 17.5 Å². The molecule has 0 aromatic carbocycles. The first-order chi connectivity index (χ1) is 9.81. The fraction of sp³-hybridized carbons (Fsp3) is 0.462. The topological polar surface area (TPSA) is 51.0 Å². The first kappa shape index (κ1) is 13.6. The lowest BCUT2D eigenvalue weighted by molar-refractivity contribution is -0.120. The number of hydrogen-bond donors (Lipinski definition) is 0. The molecule has 0 saturated heterocycles. The zero-order chi connectivity index (χ0) is 13.9. The number of hydrogen-bond acceptors (Lipinski definition) is 5. The predicted octanol–water partition coefficient (Wildman–Crippen LogP) is 2.77. The van der Waals surface area contributed by atoms with Gasteiger partial charge in [0.25, 0.3) is 0 Å². The molecule has 3 heterocycles. The number of carbonyl (C=O) groups excluding carboxylic acids is 1. The number of rotatable bonds is 4. The van der Waals surface area contributed by atoms with Gasteiger partial charge in [-0.3, -0.25) is 4.79 Å². The van der Waals surface area contributed by atoms with Gasteiger partial charge in [-0.15, -0.1) is 21.5 Å². The van der Waals surface area contributed by atoms with Crippen LogP contribution < -0.4 is 5.01 Å². The number of thioether (sulfide) groups is 1. The van der Waals surface area contributed by atoms with Crippen molar-refractivity contribution < 1.29 is 4.79 Å². The van der Waals surface area contributed by atoms with E-state index in [9.17, 15) is 4.79 Å². The summed E-state index contributed by atoms with van der Waals surface area (Å²) in [6.45, 7) is 2.82. The molecular weight excluding hydrogens is 292 g/mol. The van der Waals surface area contributed by atoms with Crippen LogP contribution in [0, 0.1) is 0 Å². The normalized spacial score (nSPS) is 14.3. The Labute approximate surface area is 126 Å². The summed E-state index contributed by atoms with van der Waals surface area (Å²) >= 11 is 3.27. The second-order valence-electron chi connectivity index (χ2n) is 4.56. The monoisotopic (exact) mass is 308 g/mol. The van der Waals surface area contributed by atoms with Gasteiger partial charge in [-0.2, -0.15) is 0 Å². The number of unbranched alkanes of at least 4 members (excludes halogenated alkanes) is 1. The highest BCUT2D eigenvalue weighted by Crippen LogP contribution is 2.30. The lowest BCUT2D eigenvalue weighted by Crippen LogP contribution is -2.44. The maximum absolute atomic E-state index is 12.4. The summed E-state index contributed by atoms with van der Waals surface area (Å²) in [4.78, 5) is 13.4. The summed E-state index contributed by atoms with van der Waals surface area (Å²) in [5.41, 5.74) is 0. The minimum absolute atomic E-state index is 0.158. The molecule has 0 atom stereocenters. The van der Waals surface area contributed by atoms with Crippen molar-refractivity contribution >= 4 is 29.0 Å². The lowest BCUT2D eigenvalue weighted by atomic mass is 10.2. The van der Waals surface area contributed by atoms with Crippen LogP contribution in [0.5, 0.6) is 0 Å². The lowest BCUT2D eigenvalue weighted by Gasteiger charge is -2.29.